The van der Waals surface area contributed by atoms with E-state index in [9.17, 15) is 18.0 Å². The van der Waals surface area contributed by atoms with Gasteiger partial charge in [-0.15, -0.1) is 0 Å². The Morgan fingerprint density at radius 2 is 1.78 bits per heavy atom. The van der Waals surface area contributed by atoms with E-state index in [1.54, 1.807) is 0 Å². The van der Waals surface area contributed by atoms with Gasteiger partial charge in [0.1, 0.15) is 0 Å². The van der Waals surface area contributed by atoms with E-state index in [-0.39, 0.29) is 4.47 Å². The monoisotopic (exact) mass is 318 g/mol. The number of nitrogens with one attached hydrogen (secondary N) is 1. The van der Waals surface area contributed by atoms with Crippen LogP contribution in [0.3, 0.4) is 0 Å². The summed E-state index contributed by atoms with van der Waals surface area (Å²) in [6.45, 7) is 0. The lowest BCUT2D eigenvalue weighted by Gasteiger charge is -2.07. The normalized spacial score (nSPS) is 11.6. The molecule has 0 atom stereocenters. The highest BCUT2D eigenvalue weighted by Crippen LogP contribution is 2.30. The lowest BCUT2D eigenvalue weighted by atomic mass is 10.1. The van der Waals surface area contributed by atoms with Gasteiger partial charge in [-0.1, -0.05) is 12.1 Å². The van der Waals surface area contributed by atoms with E-state index in [0.29, 0.717) is 11.3 Å². The lowest BCUT2D eigenvalue weighted by Crippen LogP contribution is -2.09. The standard InChI is InChI=1S/C11H6BrF3N2O/c12-8-5-9(16-17-10(8)18)6-1-3-7(4-2-6)11(13,14)15/h1-5H,(H,17,18). The molecule has 0 saturated heterocycles. The fourth-order valence-electron chi connectivity index (χ4n) is 1.36. The lowest BCUT2D eigenvalue weighted by molar-refractivity contribution is -0.137. The van der Waals surface area contributed by atoms with Crippen LogP contribution in [0.1, 0.15) is 5.56 Å². The molecule has 0 saturated carbocycles. The molecule has 2 rings (SSSR count). The summed E-state index contributed by atoms with van der Waals surface area (Å²) in [6, 6.07) is 5.99. The van der Waals surface area contributed by atoms with Crippen molar-refractivity contribution in [2.75, 3.05) is 0 Å². The maximum absolute atomic E-state index is 12.4. The van der Waals surface area contributed by atoms with Gasteiger partial charge < -0.3 is 0 Å². The van der Waals surface area contributed by atoms with E-state index in [2.05, 4.69) is 26.1 Å². The summed E-state index contributed by atoms with van der Waals surface area (Å²) in [6.07, 6.45) is -4.36. The van der Waals surface area contributed by atoms with Crippen LogP contribution in [0.15, 0.2) is 39.6 Å². The third kappa shape index (κ3) is 2.61. The number of benzene rings is 1. The van der Waals surface area contributed by atoms with Crippen LogP contribution in [0.4, 0.5) is 13.2 Å². The molecule has 1 heterocycles. The Bertz CT molecular complexity index is 619. The summed E-state index contributed by atoms with van der Waals surface area (Å²) in [4.78, 5) is 11.1. The Kier molecular flexibility index (Phi) is 3.25. The van der Waals surface area contributed by atoms with Gasteiger partial charge in [0.15, 0.2) is 0 Å². The summed E-state index contributed by atoms with van der Waals surface area (Å²) >= 11 is 3.03. The fourth-order valence-corrected chi connectivity index (χ4v) is 1.67. The highest BCUT2D eigenvalue weighted by molar-refractivity contribution is 9.10. The van der Waals surface area contributed by atoms with Gasteiger partial charge in [-0.25, -0.2) is 5.10 Å². The fraction of sp³-hybridized carbons (Fsp3) is 0.0909. The molecule has 2 aromatic rings. The molecule has 1 aromatic heterocycles. The highest BCUT2D eigenvalue weighted by atomic mass is 79.9. The zero-order valence-electron chi connectivity index (χ0n) is 8.75. The minimum Gasteiger partial charge on any atom is -0.267 e. The minimum atomic E-state index is -4.36. The predicted octanol–water partition coefficient (Wildman–Crippen LogP) is 3.22. The number of halogens is 4. The van der Waals surface area contributed by atoms with E-state index in [1.807, 2.05) is 0 Å². The molecule has 1 aromatic carbocycles. The molecule has 18 heavy (non-hydrogen) atoms. The minimum absolute atomic E-state index is 0.271. The van der Waals surface area contributed by atoms with Gasteiger partial charge in [0.2, 0.25) is 0 Å². The quantitative estimate of drug-likeness (QED) is 0.877. The van der Waals surface area contributed by atoms with Crippen LogP contribution in [0.2, 0.25) is 0 Å². The number of nitrogens with zero attached hydrogens (tertiary/aromatic N) is 1. The Morgan fingerprint density at radius 1 is 1.17 bits per heavy atom. The molecular formula is C11H6BrF3N2O. The first-order valence-corrected chi connectivity index (χ1v) is 5.60. The van der Waals surface area contributed by atoms with Crippen molar-refractivity contribution in [1.29, 1.82) is 0 Å². The average Bonchev–Trinajstić information content (AvgIpc) is 2.32. The van der Waals surface area contributed by atoms with Crippen molar-refractivity contribution >= 4 is 15.9 Å². The van der Waals surface area contributed by atoms with Gasteiger partial charge in [-0.2, -0.15) is 18.3 Å². The zero-order valence-corrected chi connectivity index (χ0v) is 10.3. The summed E-state index contributed by atoms with van der Waals surface area (Å²) in [5, 5.41) is 5.99. The molecule has 0 aliphatic rings. The molecule has 0 unspecified atom stereocenters. The largest absolute Gasteiger partial charge is 0.416 e. The van der Waals surface area contributed by atoms with Crippen LogP contribution in [-0.4, -0.2) is 10.2 Å². The van der Waals surface area contributed by atoms with Gasteiger partial charge in [-0.3, -0.25) is 4.79 Å². The van der Waals surface area contributed by atoms with Crippen molar-refractivity contribution < 1.29 is 13.2 Å². The summed E-state index contributed by atoms with van der Waals surface area (Å²) < 4.78 is 37.4. The smallest absolute Gasteiger partial charge is 0.267 e. The van der Waals surface area contributed by atoms with Crippen molar-refractivity contribution in [3.8, 4) is 11.3 Å². The maximum atomic E-state index is 12.4. The van der Waals surface area contributed by atoms with Crippen LogP contribution >= 0.6 is 15.9 Å². The second kappa shape index (κ2) is 4.56. The topological polar surface area (TPSA) is 45.8 Å². The average molecular weight is 319 g/mol. The zero-order chi connectivity index (χ0) is 13.3. The molecule has 0 amide bonds. The molecule has 0 bridgehead atoms. The van der Waals surface area contributed by atoms with Crippen LogP contribution < -0.4 is 5.56 Å². The molecule has 0 aliphatic heterocycles. The molecule has 3 nitrogen and oxygen atoms in total. The van der Waals surface area contributed by atoms with Crippen LogP contribution in [0.25, 0.3) is 11.3 Å². The number of aromatic nitrogens is 2. The Balaban J connectivity index is 2.40. The number of H-pyrrole nitrogens is 1. The number of hydrogen-bond donors (Lipinski definition) is 1. The Hall–Kier alpha value is -1.63. The number of aromatic amines is 1. The first kappa shape index (κ1) is 12.8. The number of rotatable bonds is 1. The molecule has 0 fully saturated rings. The summed E-state index contributed by atoms with van der Waals surface area (Å²) in [5.41, 5.74) is -0.254. The van der Waals surface area contributed by atoms with Crippen molar-refractivity contribution in [3.05, 3.63) is 50.7 Å². The molecule has 94 valence electrons. The summed E-state index contributed by atoms with van der Waals surface area (Å²) in [5.74, 6) is 0. The third-order valence-corrected chi connectivity index (χ3v) is 2.86. The van der Waals surface area contributed by atoms with Crippen molar-refractivity contribution in [2.24, 2.45) is 0 Å². The molecular weight excluding hydrogens is 313 g/mol. The van der Waals surface area contributed by atoms with Gasteiger partial charge >= 0.3 is 6.18 Å². The Labute approximate surface area is 108 Å². The van der Waals surface area contributed by atoms with Crippen molar-refractivity contribution in [1.82, 2.24) is 10.2 Å². The van der Waals surface area contributed by atoms with Gasteiger partial charge in [0.25, 0.3) is 5.56 Å². The predicted molar refractivity (Wildman–Crippen MR) is 63.0 cm³/mol. The van der Waals surface area contributed by atoms with E-state index in [1.165, 1.54) is 18.2 Å². The molecule has 7 heteroatoms. The van der Waals surface area contributed by atoms with E-state index in [0.717, 1.165) is 12.1 Å². The van der Waals surface area contributed by atoms with Gasteiger partial charge in [0, 0.05) is 5.56 Å². The number of alkyl halides is 3. The van der Waals surface area contributed by atoms with Crippen LogP contribution in [-0.2, 0) is 6.18 Å². The van der Waals surface area contributed by atoms with Crippen LogP contribution in [0.5, 0.6) is 0 Å². The van der Waals surface area contributed by atoms with E-state index < -0.39 is 17.3 Å². The molecule has 1 N–H and O–H groups in total. The number of hydrogen-bond acceptors (Lipinski definition) is 2. The SMILES string of the molecule is O=c1[nH]nc(-c2ccc(C(F)(F)F)cc2)cc1Br. The first-order valence-electron chi connectivity index (χ1n) is 4.81. The summed E-state index contributed by atoms with van der Waals surface area (Å²) in [7, 11) is 0. The van der Waals surface area contributed by atoms with E-state index >= 15 is 0 Å². The molecule has 0 radical (unpaired) electrons. The van der Waals surface area contributed by atoms with E-state index in [4.69, 9.17) is 0 Å². The second-order valence-electron chi connectivity index (χ2n) is 3.51. The highest BCUT2D eigenvalue weighted by Gasteiger charge is 2.29. The van der Waals surface area contributed by atoms with Crippen LogP contribution in [0, 0.1) is 0 Å². The van der Waals surface area contributed by atoms with Gasteiger partial charge in [0.05, 0.1) is 15.7 Å². The van der Waals surface area contributed by atoms with Crippen molar-refractivity contribution in [2.45, 2.75) is 6.18 Å². The molecule has 0 aliphatic carbocycles. The second-order valence-corrected chi connectivity index (χ2v) is 4.36. The molecule has 0 spiro atoms. The Morgan fingerprint density at radius 3 is 2.28 bits per heavy atom. The van der Waals surface area contributed by atoms with Gasteiger partial charge in [-0.05, 0) is 34.1 Å². The first-order chi connectivity index (χ1) is 8.38. The maximum Gasteiger partial charge on any atom is 0.416 e. The third-order valence-electron chi connectivity index (χ3n) is 2.27. The van der Waals surface area contributed by atoms with Crippen molar-refractivity contribution in [3.63, 3.8) is 0 Å².